The van der Waals surface area contributed by atoms with Crippen LogP contribution in [0.1, 0.15) is 21.9 Å². The Morgan fingerprint density at radius 2 is 2.00 bits per heavy atom. The third-order valence-electron chi connectivity index (χ3n) is 3.95. The molecule has 0 aliphatic carbocycles. The lowest BCUT2D eigenvalue weighted by atomic mass is 10.2. The van der Waals surface area contributed by atoms with Crippen molar-refractivity contribution in [1.29, 1.82) is 0 Å². The fourth-order valence-corrected chi connectivity index (χ4v) is 3.13. The van der Waals surface area contributed by atoms with Crippen LogP contribution in [-0.2, 0) is 29.5 Å². The topological polar surface area (TPSA) is 97.2 Å². The van der Waals surface area contributed by atoms with Crippen LogP contribution in [0.4, 0.5) is 0 Å². The molecule has 0 unspecified atom stereocenters. The molecule has 1 amide bonds. The Balaban J connectivity index is 1.71. The van der Waals surface area contributed by atoms with Crippen molar-refractivity contribution in [1.82, 2.24) is 24.2 Å². The Kier molecular flexibility index (Phi) is 4.63. The number of carbonyl (C=O) groups is 1. The molecule has 0 spiro atoms. The summed E-state index contributed by atoms with van der Waals surface area (Å²) in [6.45, 7) is 1.92. The molecule has 3 heterocycles. The van der Waals surface area contributed by atoms with E-state index < -0.39 is 10.0 Å². The zero-order chi connectivity index (χ0) is 17.2. The fourth-order valence-electron chi connectivity index (χ4n) is 2.72. The van der Waals surface area contributed by atoms with Gasteiger partial charge in [0.1, 0.15) is 5.82 Å². The number of nitrogens with zero attached hydrogens (tertiary/aromatic N) is 4. The van der Waals surface area contributed by atoms with Crippen molar-refractivity contribution in [2.24, 2.45) is 0 Å². The van der Waals surface area contributed by atoms with Crippen molar-refractivity contribution < 1.29 is 13.2 Å². The van der Waals surface area contributed by atoms with E-state index in [1.54, 1.807) is 35.6 Å². The third-order valence-corrected chi connectivity index (χ3v) is 4.62. The van der Waals surface area contributed by atoms with Gasteiger partial charge in [-0.15, -0.1) is 0 Å². The van der Waals surface area contributed by atoms with Crippen molar-refractivity contribution in [3.8, 4) is 0 Å². The first kappa shape index (κ1) is 16.6. The first-order valence-corrected chi connectivity index (χ1v) is 9.50. The summed E-state index contributed by atoms with van der Waals surface area (Å²) in [6, 6.07) is 3.40. The lowest BCUT2D eigenvalue weighted by molar-refractivity contribution is 0.0759. The molecule has 1 N–H and O–H groups in total. The van der Waals surface area contributed by atoms with Gasteiger partial charge in [0, 0.05) is 50.2 Å². The van der Waals surface area contributed by atoms with E-state index in [2.05, 4.69) is 14.7 Å². The average Bonchev–Trinajstić information content (AvgIpc) is 2.82. The van der Waals surface area contributed by atoms with Crippen LogP contribution in [0.25, 0.3) is 0 Å². The van der Waals surface area contributed by atoms with E-state index in [4.69, 9.17) is 0 Å². The molecule has 1 aliphatic rings. The van der Waals surface area contributed by atoms with Gasteiger partial charge in [0.15, 0.2) is 0 Å². The van der Waals surface area contributed by atoms with Gasteiger partial charge in [0.05, 0.1) is 18.5 Å². The van der Waals surface area contributed by atoms with Crippen LogP contribution in [0.5, 0.6) is 0 Å². The minimum absolute atomic E-state index is 0.0287. The van der Waals surface area contributed by atoms with Gasteiger partial charge in [-0.2, -0.15) is 0 Å². The molecule has 9 heteroatoms. The SMILES string of the molecule is CS(=O)(=O)NCc1cnc2n1CCN(C(=O)c1ccncc1)CC2. The molecule has 2 aromatic heterocycles. The molecule has 2 aromatic rings. The monoisotopic (exact) mass is 349 g/mol. The molecule has 0 saturated heterocycles. The number of imidazole rings is 1. The quantitative estimate of drug-likeness (QED) is 0.840. The van der Waals surface area contributed by atoms with E-state index in [0.717, 1.165) is 17.8 Å². The molecule has 0 fully saturated rings. The van der Waals surface area contributed by atoms with E-state index in [1.807, 2.05) is 4.57 Å². The first-order valence-electron chi connectivity index (χ1n) is 7.61. The van der Waals surface area contributed by atoms with Gasteiger partial charge in [-0.3, -0.25) is 9.78 Å². The van der Waals surface area contributed by atoms with E-state index >= 15 is 0 Å². The maximum absolute atomic E-state index is 12.5. The van der Waals surface area contributed by atoms with Crippen molar-refractivity contribution in [3.63, 3.8) is 0 Å². The van der Waals surface area contributed by atoms with Gasteiger partial charge >= 0.3 is 0 Å². The molecular weight excluding hydrogens is 330 g/mol. The molecule has 0 atom stereocenters. The Bertz CT molecular complexity index is 832. The summed E-state index contributed by atoms with van der Waals surface area (Å²) in [5.74, 6) is 0.837. The number of hydrogen-bond donors (Lipinski definition) is 1. The second-order valence-electron chi connectivity index (χ2n) is 5.69. The Hall–Kier alpha value is -2.26. The van der Waals surface area contributed by atoms with E-state index in [1.165, 1.54) is 0 Å². The number of sulfonamides is 1. The Labute approximate surface area is 140 Å². The second kappa shape index (κ2) is 6.70. The van der Waals surface area contributed by atoms with E-state index in [9.17, 15) is 13.2 Å². The molecule has 0 bridgehead atoms. The minimum atomic E-state index is -3.26. The van der Waals surface area contributed by atoms with Crippen molar-refractivity contribution >= 4 is 15.9 Å². The number of amides is 1. The number of fused-ring (bicyclic) bond motifs is 1. The number of carbonyl (C=O) groups excluding carboxylic acids is 1. The average molecular weight is 349 g/mol. The summed E-state index contributed by atoms with van der Waals surface area (Å²) >= 11 is 0. The molecule has 24 heavy (non-hydrogen) atoms. The highest BCUT2D eigenvalue weighted by atomic mass is 32.2. The summed E-state index contributed by atoms with van der Waals surface area (Å²) in [7, 11) is -3.26. The van der Waals surface area contributed by atoms with Crippen LogP contribution in [0.2, 0.25) is 0 Å². The number of nitrogens with one attached hydrogen (secondary N) is 1. The van der Waals surface area contributed by atoms with Crippen molar-refractivity contribution in [2.45, 2.75) is 19.5 Å². The van der Waals surface area contributed by atoms with Crippen LogP contribution in [0, 0.1) is 0 Å². The molecule has 0 aromatic carbocycles. The largest absolute Gasteiger partial charge is 0.336 e. The molecule has 128 valence electrons. The van der Waals surface area contributed by atoms with Gasteiger partial charge in [0.2, 0.25) is 10.0 Å². The highest BCUT2D eigenvalue weighted by molar-refractivity contribution is 7.88. The van der Waals surface area contributed by atoms with Crippen LogP contribution in [0.3, 0.4) is 0 Å². The minimum Gasteiger partial charge on any atom is -0.336 e. The normalized spacial score (nSPS) is 15.0. The Morgan fingerprint density at radius 3 is 2.71 bits per heavy atom. The van der Waals surface area contributed by atoms with Gasteiger partial charge in [0.25, 0.3) is 5.91 Å². The zero-order valence-electron chi connectivity index (χ0n) is 13.3. The highest BCUT2D eigenvalue weighted by Gasteiger charge is 2.21. The second-order valence-corrected chi connectivity index (χ2v) is 7.52. The van der Waals surface area contributed by atoms with Crippen LogP contribution >= 0.6 is 0 Å². The lowest BCUT2D eigenvalue weighted by Gasteiger charge is -2.20. The predicted octanol–water partition coefficient (Wildman–Crippen LogP) is 0.0258. The summed E-state index contributed by atoms with van der Waals surface area (Å²) in [6.07, 6.45) is 6.65. The summed E-state index contributed by atoms with van der Waals surface area (Å²) in [5, 5.41) is 0. The van der Waals surface area contributed by atoms with E-state index in [-0.39, 0.29) is 12.5 Å². The first-order chi connectivity index (χ1) is 11.4. The predicted molar refractivity (Wildman–Crippen MR) is 87.8 cm³/mol. The molecular formula is C15H19N5O3S. The third kappa shape index (κ3) is 3.80. The molecule has 0 saturated carbocycles. The molecule has 1 aliphatic heterocycles. The number of pyridine rings is 1. The number of aromatic nitrogens is 3. The number of hydrogen-bond acceptors (Lipinski definition) is 5. The van der Waals surface area contributed by atoms with Gasteiger partial charge < -0.3 is 9.47 Å². The standard InChI is InChI=1S/C15H19N5O3S/c1-24(22,23)18-11-13-10-17-14-4-7-19(8-9-20(13)14)15(21)12-2-5-16-6-3-12/h2-3,5-6,10,18H,4,7-9,11H2,1H3. The van der Waals surface area contributed by atoms with Crippen LogP contribution < -0.4 is 4.72 Å². The Morgan fingerprint density at radius 1 is 1.25 bits per heavy atom. The van der Waals surface area contributed by atoms with Gasteiger partial charge in [-0.25, -0.2) is 18.1 Å². The zero-order valence-corrected chi connectivity index (χ0v) is 14.2. The molecule has 8 nitrogen and oxygen atoms in total. The van der Waals surface area contributed by atoms with Crippen LogP contribution in [-0.4, -0.2) is 53.1 Å². The van der Waals surface area contributed by atoms with Crippen molar-refractivity contribution in [2.75, 3.05) is 19.3 Å². The maximum Gasteiger partial charge on any atom is 0.254 e. The smallest absolute Gasteiger partial charge is 0.254 e. The van der Waals surface area contributed by atoms with Gasteiger partial charge in [-0.05, 0) is 12.1 Å². The maximum atomic E-state index is 12.5. The lowest BCUT2D eigenvalue weighted by Crippen LogP contribution is -2.33. The van der Waals surface area contributed by atoms with Crippen LogP contribution in [0.15, 0.2) is 30.7 Å². The molecule has 3 rings (SSSR count). The highest BCUT2D eigenvalue weighted by Crippen LogP contribution is 2.14. The van der Waals surface area contributed by atoms with Gasteiger partial charge in [-0.1, -0.05) is 0 Å². The van der Waals surface area contributed by atoms with E-state index in [0.29, 0.717) is 31.6 Å². The number of rotatable bonds is 4. The summed E-state index contributed by atoms with van der Waals surface area (Å²) < 4.78 is 27.0. The summed E-state index contributed by atoms with van der Waals surface area (Å²) in [4.78, 5) is 22.6. The summed E-state index contributed by atoms with van der Waals surface area (Å²) in [5.41, 5.74) is 1.41. The van der Waals surface area contributed by atoms with Crippen molar-refractivity contribution in [3.05, 3.63) is 47.8 Å². The fraction of sp³-hybridized carbons (Fsp3) is 0.400. The molecule has 0 radical (unpaired) electrons.